The lowest BCUT2D eigenvalue weighted by Crippen LogP contribution is -2.49. The van der Waals surface area contributed by atoms with Crippen molar-refractivity contribution in [2.24, 2.45) is 0 Å². The van der Waals surface area contributed by atoms with Gasteiger partial charge in [0.05, 0.1) is 30.5 Å². The van der Waals surface area contributed by atoms with Gasteiger partial charge in [-0.1, -0.05) is 48.5 Å². The van der Waals surface area contributed by atoms with Crippen molar-refractivity contribution in [2.45, 2.75) is 55.8 Å². The van der Waals surface area contributed by atoms with Gasteiger partial charge in [0.15, 0.2) is 11.4 Å². The summed E-state index contributed by atoms with van der Waals surface area (Å²) in [5.74, 6) is -0.718. The highest BCUT2D eigenvalue weighted by Gasteiger charge is 2.41. The van der Waals surface area contributed by atoms with Crippen molar-refractivity contribution in [2.75, 3.05) is 26.3 Å². The van der Waals surface area contributed by atoms with E-state index in [-0.39, 0.29) is 17.0 Å². The van der Waals surface area contributed by atoms with Gasteiger partial charge in [-0.3, -0.25) is 4.79 Å². The normalized spacial score (nSPS) is 18.0. The third-order valence-electron chi connectivity index (χ3n) is 7.43. The first-order valence-corrected chi connectivity index (χ1v) is 13.9. The summed E-state index contributed by atoms with van der Waals surface area (Å²) in [4.78, 5) is 20.2. The van der Waals surface area contributed by atoms with Crippen LogP contribution in [0.4, 0.5) is 4.39 Å². The molecule has 2 saturated heterocycles. The fourth-order valence-corrected chi connectivity index (χ4v) is 6.25. The zero-order chi connectivity index (χ0) is 26.3. The van der Waals surface area contributed by atoms with Crippen LogP contribution in [0.3, 0.4) is 0 Å². The van der Waals surface area contributed by atoms with E-state index in [1.165, 1.54) is 17.8 Å². The molecule has 6 rings (SSSR count). The predicted octanol–water partition coefficient (Wildman–Crippen LogP) is 4.71. The van der Waals surface area contributed by atoms with E-state index in [1.807, 2.05) is 41.5 Å². The highest BCUT2D eigenvalue weighted by Crippen LogP contribution is 2.34. The summed E-state index contributed by atoms with van der Waals surface area (Å²) < 4.78 is 28.2. The van der Waals surface area contributed by atoms with E-state index in [9.17, 15) is 9.18 Å². The minimum Gasteiger partial charge on any atom is -0.347 e. The van der Waals surface area contributed by atoms with E-state index in [2.05, 4.69) is 16.3 Å². The molecule has 0 bridgehead atoms. The molecule has 2 aromatic carbocycles. The van der Waals surface area contributed by atoms with Gasteiger partial charge in [0.1, 0.15) is 11.3 Å². The smallest absolute Gasteiger partial charge is 0.236 e. The summed E-state index contributed by atoms with van der Waals surface area (Å²) in [5.41, 5.74) is 3.88. The zero-order valence-electron chi connectivity index (χ0n) is 21.5. The quantitative estimate of drug-likeness (QED) is 0.331. The number of likely N-dealkylation sites (tertiary alicyclic amines) is 1. The molecule has 1 amide bonds. The maximum Gasteiger partial charge on any atom is 0.236 e. The molecular weight excluding hydrogens is 505 g/mol. The molecular formula is C28H30FN5O3S. The Morgan fingerprint density at radius 3 is 2.63 bits per heavy atom. The average Bonchev–Trinajstić information content (AvgIpc) is 3.50. The predicted molar refractivity (Wildman–Crippen MR) is 143 cm³/mol. The molecule has 1 atom stereocenters. The number of amides is 1. The van der Waals surface area contributed by atoms with Crippen LogP contribution in [0.15, 0.2) is 47.6 Å². The highest BCUT2D eigenvalue weighted by molar-refractivity contribution is 8.00. The van der Waals surface area contributed by atoms with Gasteiger partial charge < -0.3 is 18.9 Å². The molecule has 2 aliphatic rings. The van der Waals surface area contributed by atoms with E-state index in [4.69, 9.17) is 14.5 Å². The van der Waals surface area contributed by atoms with Crippen molar-refractivity contribution < 1.29 is 18.7 Å². The second-order valence-corrected chi connectivity index (χ2v) is 11.1. The number of ether oxygens (including phenoxy) is 2. The number of fused-ring (bicyclic) bond motifs is 3. The number of aryl methyl sites for hydroxylation is 1. The van der Waals surface area contributed by atoms with Crippen LogP contribution in [0.2, 0.25) is 0 Å². The Hall–Kier alpha value is -3.08. The van der Waals surface area contributed by atoms with Crippen LogP contribution < -0.4 is 0 Å². The van der Waals surface area contributed by atoms with Crippen LogP contribution >= 0.6 is 11.8 Å². The monoisotopic (exact) mass is 535 g/mol. The molecule has 8 nitrogen and oxygen atoms in total. The number of carbonyl (C=O) groups is 1. The standard InChI is InChI=1S/C28H30FN5O3S/c1-3-23(26(35)33-12-10-28(11-13-33)36-14-15-37-28)38-27-30-25-24(31-32-27)20-16-18(2)8-9-22(20)34(25)17-19-6-4-5-7-21(19)29/h4-9,16,23H,3,10-15,17H2,1-2H3. The summed E-state index contributed by atoms with van der Waals surface area (Å²) in [6, 6.07) is 12.9. The fourth-order valence-electron chi connectivity index (χ4n) is 5.35. The van der Waals surface area contributed by atoms with E-state index >= 15 is 0 Å². The van der Waals surface area contributed by atoms with Crippen LogP contribution in [0.5, 0.6) is 0 Å². The number of halogens is 1. The first kappa shape index (κ1) is 25.2. The van der Waals surface area contributed by atoms with Crippen molar-refractivity contribution in [3.8, 4) is 0 Å². The Labute approximate surface area is 224 Å². The molecule has 0 radical (unpaired) electrons. The fraction of sp³-hybridized carbons (Fsp3) is 0.429. The van der Waals surface area contributed by atoms with Gasteiger partial charge in [-0.25, -0.2) is 9.37 Å². The van der Waals surface area contributed by atoms with Crippen molar-refractivity contribution in [3.05, 3.63) is 59.4 Å². The highest BCUT2D eigenvalue weighted by atomic mass is 32.2. The Morgan fingerprint density at radius 1 is 1.13 bits per heavy atom. The molecule has 198 valence electrons. The Bertz CT molecular complexity index is 1490. The SMILES string of the molecule is CCC(Sc1nnc2c3cc(C)ccc3n(Cc3ccccc3F)c2n1)C(=O)N1CCC2(CC1)OCCO2. The molecule has 0 aliphatic carbocycles. The second kappa shape index (κ2) is 10.2. The third kappa shape index (κ3) is 4.65. The average molecular weight is 536 g/mol. The Kier molecular flexibility index (Phi) is 6.79. The molecule has 2 fully saturated rings. The lowest BCUT2D eigenvalue weighted by Gasteiger charge is -2.38. The van der Waals surface area contributed by atoms with Gasteiger partial charge in [0, 0.05) is 36.9 Å². The van der Waals surface area contributed by atoms with Crippen molar-refractivity contribution in [3.63, 3.8) is 0 Å². The number of hydrogen-bond acceptors (Lipinski definition) is 7. The van der Waals surface area contributed by atoms with Crippen LogP contribution in [0.1, 0.15) is 37.3 Å². The number of rotatable bonds is 6. The summed E-state index contributed by atoms with van der Waals surface area (Å²) in [6.45, 7) is 6.76. The van der Waals surface area contributed by atoms with Crippen LogP contribution in [-0.2, 0) is 20.8 Å². The van der Waals surface area contributed by atoms with E-state index in [0.717, 1.165) is 16.5 Å². The Morgan fingerprint density at radius 2 is 1.89 bits per heavy atom. The summed E-state index contributed by atoms with van der Waals surface area (Å²) in [6.07, 6.45) is 2.00. The molecule has 0 saturated carbocycles. The lowest BCUT2D eigenvalue weighted by molar-refractivity contribution is -0.187. The van der Waals surface area contributed by atoms with Gasteiger partial charge in [-0.15, -0.1) is 10.2 Å². The number of carbonyl (C=O) groups excluding carboxylic acids is 1. The molecule has 38 heavy (non-hydrogen) atoms. The van der Waals surface area contributed by atoms with E-state index in [0.29, 0.717) is 74.0 Å². The minimum absolute atomic E-state index is 0.0663. The minimum atomic E-state index is -0.520. The Balaban J connectivity index is 1.29. The van der Waals surface area contributed by atoms with Gasteiger partial charge in [0.25, 0.3) is 0 Å². The van der Waals surface area contributed by atoms with Gasteiger partial charge >= 0.3 is 0 Å². The maximum absolute atomic E-state index is 14.6. The lowest BCUT2D eigenvalue weighted by atomic mass is 10.0. The number of thioether (sulfide) groups is 1. The van der Waals surface area contributed by atoms with E-state index in [1.54, 1.807) is 12.1 Å². The first-order chi connectivity index (χ1) is 18.5. The maximum atomic E-state index is 14.6. The number of aromatic nitrogens is 4. The van der Waals surface area contributed by atoms with Gasteiger partial charge in [-0.05, 0) is 31.5 Å². The largest absolute Gasteiger partial charge is 0.347 e. The molecule has 2 aromatic heterocycles. The number of benzene rings is 2. The van der Waals surface area contributed by atoms with Gasteiger partial charge in [-0.2, -0.15) is 0 Å². The van der Waals surface area contributed by atoms with Crippen molar-refractivity contribution in [1.82, 2.24) is 24.6 Å². The summed E-state index contributed by atoms with van der Waals surface area (Å²) in [7, 11) is 0. The third-order valence-corrected chi connectivity index (χ3v) is 8.64. The second-order valence-electron chi connectivity index (χ2n) is 9.91. The topological polar surface area (TPSA) is 82.4 Å². The molecule has 1 spiro atoms. The first-order valence-electron chi connectivity index (χ1n) is 13.1. The molecule has 1 unspecified atom stereocenters. The van der Waals surface area contributed by atoms with Crippen molar-refractivity contribution in [1.29, 1.82) is 0 Å². The number of nitrogens with zero attached hydrogens (tertiary/aromatic N) is 5. The molecule has 2 aliphatic heterocycles. The van der Waals surface area contributed by atoms with Crippen LogP contribution in [-0.4, -0.2) is 67.9 Å². The number of piperidine rings is 1. The molecule has 4 aromatic rings. The molecule has 10 heteroatoms. The van der Waals surface area contributed by atoms with Gasteiger partial charge in [0.2, 0.25) is 11.1 Å². The summed E-state index contributed by atoms with van der Waals surface area (Å²) >= 11 is 1.33. The molecule has 0 N–H and O–H groups in total. The summed E-state index contributed by atoms with van der Waals surface area (Å²) in [5, 5.41) is 9.96. The van der Waals surface area contributed by atoms with Crippen molar-refractivity contribution >= 4 is 39.7 Å². The van der Waals surface area contributed by atoms with Crippen LogP contribution in [0, 0.1) is 12.7 Å². The number of hydrogen-bond donors (Lipinski definition) is 0. The van der Waals surface area contributed by atoms with Crippen LogP contribution in [0.25, 0.3) is 22.1 Å². The zero-order valence-corrected chi connectivity index (χ0v) is 22.3. The van der Waals surface area contributed by atoms with E-state index < -0.39 is 5.79 Å². The molecule has 4 heterocycles.